The zero-order chi connectivity index (χ0) is 18.6. The fourth-order valence-electron chi connectivity index (χ4n) is 3.83. The smallest absolute Gasteiger partial charge is 0.192 e. The van der Waals surface area contributed by atoms with Crippen LogP contribution in [0.4, 0.5) is 0 Å². The van der Waals surface area contributed by atoms with Gasteiger partial charge in [0.1, 0.15) is 5.60 Å². The average Bonchev–Trinajstić information content (AvgIpc) is 2.63. The van der Waals surface area contributed by atoms with Crippen LogP contribution in [0.1, 0.15) is 33.6 Å². The first-order chi connectivity index (χ1) is 12.4. The van der Waals surface area contributed by atoms with E-state index < -0.39 is 29.1 Å². The van der Waals surface area contributed by atoms with E-state index in [2.05, 4.69) is 15.9 Å². The van der Waals surface area contributed by atoms with Gasteiger partial charge in [-0.25, -0.2) is 0 Å². The SMILES string of the molecule is O=C1C2=C(C(=O)c3cc4ccccc4cc31)C(O)CC(O)(C(=O)CBr)C2. The Hall–Kier alpha value is -2.15. The zero-order valence-corrected chi connectivity index (χ0v) is 15.2. The van der Waals surface area contributed by atoms with Crippen molar-refractivity contribution in [2.45, 2.75) is 24.5 Å². The predicted octanol–water partition coefficient (Wildman–Crippen LogP) is 2.37. The lowest BCUT2D eigenvalue weighted by atomic mass is 9.69. The minimum absolute atomic E-state index is 0.00447. The molecule has 0 spiro atoms. The molecule has 132 valence electrons. The van der Waals surface area contributed by atoms with Crippen LogP contribution in [-0.4, -0.2) is 44.6 Å². The molecule has 0 saturated carbocycles. The molecule has 5 nitrogen and oxygen atoms in total. The molecule has 0 heterocycles. The lowest BCUT2D eigenvalue weighted by molar-refractivity contribution is -0.137. The number of hydrogen-bond donors (Lipinski definition) is 2. The number of benzene rings is 2. The van der Waals surface area contributed by atoms with Gasteiger partial charge in [0.25, 0.3) is 0 Å². The van der Waals surface area contributed by atoms with Gasteiger partial charge in [0.05, 0.1) is 11.4 Å². The minimum Gasteiger partial charge on any atom is -0.388 e. The number of ketones is 3. The molecule has 2 unspecified atom stereocenters. The van der Waals surface area contributed by atoms with Crippen LogP contribution in [0.3, 0.4) is 0 Å². The monoisotopic (exact) mass is 414 g/mol. The van der Waals surface area contributed by atoms with E-state index in [9.17, 15) is 24.6 Å². The number of aliphatic hydroxyl groups is 2. The summed E-state index contributed by atoms with van der Waals surface area (Å²) < 4.78 is 0. The summed E-state index contributed by atoms with van der Waals surface area (Å²) in [7, 11) is 0. The van der Waals surface area contributed by atoms with Crippen molar-refractivity contribution >= 4 is 44.1 Å². The van der Waals surface area contributed by atoms with Crippen LogP contribution in [0.2, 0.25) is 0 Å². The molecule has 0 radical (unpaired) electrons. The molecule has 2 aliphatic carbocycles. The first kappa shape index (κ1) is 17.3. The highest BCUT2D eigenvalue weighted by molar-refractivity contribution is 9.09. The van der Waals surface area contributed by atoms with E-state index in [0.29, 0.717) is 0 Å². The van der Waals surface area contributed by atoms with E-state index in [-0.39, 0.29) is 40.4 Å². The number of fused-ring (bicyclic) bond motifs is 2. The van der Waals surface area contributed by atoms with E-state index >= 15 is 0 Å². The molecule has 0 fully saturated rings. The van der Waals surface area contributed by atoms with Crippen LogP contribution in [0.15, 0.2) is 47.5 Å². The van der Waals surface area contributed by atoms with E-state index in [1.54, 1.807) is 12.1 Å². The lowest BCUT2D eigenvalue weighted by Gasteiger charge is -2.37. The molecule has 26 heavy (non-hydrogen) atoms. The van der Waals surface area contributed by atoms with Crippen LogP contribution in [0, 0.1) is 0 Å². The minimum atomic E-state index is -1.86. The number of carbonyl (C=O) groups excluding carboxylic acids is 3. The summed E-state index contributed by atoms with van der Waals surface area (Å²) in [4.78, 5) is 38.1. The molecule has 2 N–H and O–H groups in total. The molecule has 2 aliphatic rings. The number of hydrogen-bond acceptors (Lipinski definition) is 5. The van der Waals surface area contributed by atoms with Crippen LogP contribution >= 0.6 is 15.9 Å². The van der Waals surface area contributed by atoms with Crippen molar-refractivity contribution in [3.05, 3.63) is 58.7 Å². The van der Waals surface area contributed by atoms with Gasteiger partial charge in [-0.3, -0.25) is 14.4 Å². The molecule has 6 heteroatoms. The van der Waals surface area contributed by atoms with Crippen LogP contribution in [0.5, 0.6) is 0 Å². The Labute approximate surface area is 157 Å². The van der Waals surface area contributed by atoms with Gasteiger partial charge in [-0.2, -0.15) is 0 Å². The largest absolute Gasteiger partial charge is 0.388 e. The highest BCUT2D eigenvalue weighted by atomic mass is 79.9. The van der Waals surface area contributed by atoms with E-state index in [1.165, 1.54) is 0 Å². The van der Waals surface area contributed by atoms with Gasteiger partial charge in [-0.05, 0) is 22.9 Å². The summed E-state index contributed by atoms with van der Waals surface area (Å²) >= 11 is 3.01. The van der Waals surface area contributed by atoms with Crippen LogP contribution in [0.25, 0.3) is 10.8 Å². The maximum atomic E-state index is 13.0. The Morgan fingerprint density at radius 3 is 2.27 bits per heavy atom. The van der Waals surface area contributed by atoms with Crippen molar-refractivity contribution in [2.24, 2.45) is 0 Å². The topological polar surface area (TPSA) is 91.7 Å². The van der Waals surface area contributed by atoms with E-state index in [0.717, 1.165) is 10.8 Å². The Bertz CT molecular complexity index is 1020. The van der Waals surface area contributed by atoms with E-state index in [4.69, 9.17) is 0 Å². The molecule has 0 saturated heterocycles. The van der Waals surface area contributed by atoms with Crippen molar-refractivity contribution in [3.63, 3.8) is 0 Å². The summed E-state index contributed by atoms with van der Waals surface area (Å²) in [5.74, 6) is -1.35. The van der Waals surface area contributed by atoms with Crippen molar-refractivity contribution in [1.29, 1.82) is 0 Å². The normalized spacial score (nSPS) is 25.3. The molecule has 2 atom stereocenters. The maximum absolute atomic E-state index is 13.0. The van der Waals surface area contributed by atoms with Gasteiger partial charge >= 0.3 is 0 Å². The number of alkyl halides is 1. The van der Waals surface area contributed by atoms with Gasteiger partial charge in [0, 0.05) is 35.1 Å². The molecule has 0 bridgehead atoms. The summed E-state index contributed by atoms with van der Waals surface area (Å²) in [5.41, 5.74) is -1.32. The highest BCUT2D eigenvalue weighted by Crippen LogP contribution is 2.41. The van der Waals surface area contributed by atoms with Gasteiger partial charge < -0.3 is 10.2 Å². The molecule has 0 amide bonds. The van der Waals surface area contributed by atoms with Crippen LogP contribution < -0.4 is 0 Å². The number of aliphatic hydroxyl groups excluding tert-OH is 1. The maximum Gasteiger partial charge on any atom is 0.192 e. The van der Waals surface area contributed by atoms with Gasteiger partial charge in [-0.1, -0.05) is 40.2 Å². The van der Waals surface area contributed by atoms with Crippen molar-refractivity contribution in [2.75, 3.05) is 5.33 Å². The average molecular weight is 415 g/mol. The molecule has 2 aromatic carbocycles. The highest BCUT2D eigenvalue weighted by Gasteiger charge is 2.48. The third-order valence-corrected chi connectivity index (χ3v) is 5.70. The van der Waals surface area contributed by atoms with Crippen molar-refractivity contribution in [3.8, 4) is 0 Å². The Kier molecular flexibility index (Phi) is 3.95. The fraction of sp³-hybridized carbons (Fsp3) is 0.250. The summed E-state index contributed by atoms with van der Waals surface area (Å²) in [6.45, 7) is 0. The molecular weight excluding hydrogens is 400 g/mol. The molecule has 4 rings (SSSR count). The molecule has 2 aromatic rings. The van der Waals surface area contributed by atoms with E-state index in [1.807, 2.05) is 24.3 Å². The predicted molar refractivity (Wildman–Crippen MR) is 98.6 cm³/mol. The Morgan fingerprint density at radius 1 is 1.12 bits per heavy atom. The lowest BCUT2D eigenvalue weighted by Crippen LogP contribution is -2.49. The standard InChI is InChI=1S/C20H15BrO5/c21-9-16(23)20(26)7-14-17(15(22)8-20)19(25)13-6-11-4-2-1-3-10(11)5-12(13)18(14)24/h1-6,15,22,26H,7-9H2. The number of rotatable bonds is 2. The number of halogens is 1. The molecular formula is C20H15BrO5. The quantitative estimate of drug-likeness (QED) is 0.735. The third kappa shape index (κ3) is 2.40. The van der Waals surface area contributed by atoms with Gasteiger partial charge in [0.15, 0.2) is 17.3 Å². The Balaban J connectivity index is 1.89. The summed E-state index contributed by atoms with van der Waals surface area (Å²) in [6.07, 6.45) is -1.92. The summed E-state index contributed by atoms with van der Waals surface area (Å²) in [5, 5.41) is 22.6. The number of carbonyl (C=O) groups is 3. The van der Waals surface area contributed by atoms with Crippen molar-refractivity contribution < 1.29 is 24.6 Å². The Morgan fingerprint density at radius 2 is 1.69 bits per heavy atom. The van der Waals surface area contributed by atoms with Crippen molar-refractivity contribution in [1.82, 2.24) is 0 Å². The zero-order valence-electron chi connectivity index (χ0n) is 13.7. The van der Waals surface area contributed by atoms with Crippen LogP contribution in [-0.2, 0) is 4.79 Å². The number of Topliss-reactive ketones (excluding diaryl/α,β-unsaturated/α-hetero) is 3. The first-order valence-corrected chi connectivity index (χ1v) is 9.33. The third-order valence-electron chi connectivity index (χ3n) is 5.19. The second kappa shape index (κ2) is 5.94. The molecule has 0 aromatic heterocycles. The van der Waals surface area contributed by atoms with Gasteiger partial charge in [0.2, 0.25) is 0 Å². The van der Waals surface area contributed by atoms with Gasteiger partial charge in [-0.15, -0.1) is 0 Å². The first-order valence-electron chi connectivity index (χ1n) is 8.20. The second-order valence-electron chi connectivity index (χ2n) is 6.78. The second-order valence-corrected chi connectivity index (χ2v) is 7.34. The fourth-order valence-corrected chi connectivity index (χ4v) is 4.36. The summed E-state index contributed by atoms with van der Waals surface area (Å²) in [6, 6.07) is 10.7. The molecule has 0 aliphatic heterocycles.